The first-order valence-electron chi connectivity index (χ1n) is 8.38. The summed E-state index contributed by atoms with van der Waals surface area (Å²) in [4.78, 5) is 14.3. The lowest BCUT2D eigenvalue weighted by molar-refractivity contribution is -0.132. The number of likely N-dealkylation sites (tertiary alicyclic amines) is 1. The van der Waals surface area contributed by atoms with Gasteiger partial charge in [-0.1, -0.05) is 17.3 Å². The van der Waals surface area contributed by atoms with Crippen LogP contribution in [0.5, 0.6) is 5.75 Å². The zero-order chi connectivity index (χ0) is 17.1. The van der Waals surface area contributed by atoms with Gasteiger partial charge in [0.1, 0.15) is 11.9 Å². The van der Waals surface area contributed by atoms with Gasteiger partial charge in [-0.2, -0.15) is 0 Å². The fourth-order valence-corrected chi connectivity index (χ4v) is 2.97. The summed E-state index contributed by atoms with van der Waals surface area (Å²) in [6.45, 7) is 5.61. The molecule has 128 valence electrons. The van der Waals surface area contributed by atoms with Crippen molar-refractivity contribution in [3.63, 3.8) is 0 Å². The Hall–Kier alpha value is -2.37. The van der Waals surface area contributed by atoms with Crippen molar-refractivity contribution in [2.75, 3.05) is 13.1 Å². The van der Waals surface area contributed by atoms with Gasteiger partial charge in [-0.25, -0.2) is 0 Å². The third kappa shape index (κ3) is 3.75. The molecule has 6 heteroatoms. The number of carbonyl (C=O) groups is 1. The topological polar surface area (TPSA) is 60.2 Å². The maximum absolute atomic E-state index is 12.4. The number of aryl methyl sites for hydroxylation is 3. The number of aromatic nitrogens is 3. The molecule has 0 unspecified atom stereocenters. The SMILES string of the molecule is Cc1ccc(C)c(OC2CCN(C(=O)Cc3cnnn3C)CC2)c1. The van der Waals surface area contributed by atoms with Gasteiger partial charge in [-0.05, 0) is 31.0 Å². The smallest absolute Gasteiger partial charge is 0.228 e. The van der Waals surface area contributed by atoms with Crippen LogP contribution in [0, 0.1) is 13.8 Å². The molecular formula is C18H24N4O2. The van der Waals surface area contributed by atoms with E-state index in [1.54, 1.807) is 17.9 Å². The minimum atomic E-state index is 0.130. The van der Waals surface area contributed by atoms with Crippen LogP contribution < -0.4 is 4.74 Å². The van der Waals surface area contributed by atoms with Gasteiger partial charge >= 0.3 is 0 Å². The molecule has 1 aromatic heterocycles. The molecule has 1 aromatic carbocycles. The first-order valence-corrected chi connectivity index (χ1v) is 8.38. The van der Waals surface area contributed by atoms with Crippen LogP contribution in [0.25, 0.3) is 0 Å². The maximum Gasteiger partial charge on any atom is 0.228 e. The van der Waals surface area contributed by atoms with Crippen LogP contribution in [-0.4, -0.2) is 45.0 Å². The lowest BCUT2D eigenvalue weighted by atomic mass is 10.1. The van der Waals surface area contributed by atoms with E-state index in [-0.39, 0.29) is 12.0 Å². The molecule has 0 bridgehead atoms. The molecule has 1 saturated heterocycles. The lowest BCUT2D eigenvalue weighted by Crippen LogP contribution is -2.42. The Morgan fingerprint density at radius 1 is 1.29 bits per heavy atom. The number of hydrogen-bond donors (Lipinski definition) is 0. The highest BCUT2D eigenvalue weighted by Gasteiger charge is 2.24. The van der Waals surface area contributed by atoms with Gasteiger partial charge in [0.05, 0.1) is 18.3 Å². The summed E-state index contributed by atoms with van der Waals surface area (Å²) in [7, 11) is 1.81. The molecule has 0 N–H and O–H groups in total. The van der Waals surface area contributed by atoms with Crippen molar-refractivity contribution in [2.24, 2.45) is 7.05 Å². The van der Waals surface area contributed by atoms with Crippen LogP contribution in [0.1, 0.15) is 29.7 Å². The predicted molar refractivity (Wildman–Crippen MR) is 90.9 cm³/mol. The first-order chi connectivity index (χ1) is 11.5. The number of amides is 1. The summed E-state index contributed by atoms with van der Waals surface area (Å²) in [6.07, 6.45) is 3.90. The minimum absolute atomic E-state index is 0.130. The number of rotatable bonds is 4. The molecular weight excluding hydrogens is 304 g/mol. The second kappa shape index (κ2) is 7.03. The fraction of sp³-hybridized carbons (Fsp3) is 0.500. The minimum Gasteiger partial charge on any atom is -0.490 e. The van der Waals surface area contributed by atoms with E-state index in [0.29, 0.717) is 6.42 Å². The van der Waals surface area contributed by atoms with Gasteiger partial charge in [-0.15, -0.1) is 5.10 Å². The standard InChI is InChI=1S/C18H24N4O2/c1-13-4-5-14(2)17(10-13)24-16-6-8-22(9-7-16)18(23)11-15-12-19-20-21(15)3/h4-5,10,12,16H,6-9,11H2,1-3H3. The third-order valence-corrected chi connectivity index (χ3v) is 4.57. The number of carbonyl (C=O) groups excluding carboxylic acids is 1. The van der Waals surface area contributed by atoms with Gasteiger partial charge in [0, 0.05) is 33.0 Å². The van der Waals surface area contributed by atoms with E-state index in [9.17, 15) is 4.79 Å². The molecule has 2 heterocycles. The van der Waals surface area contributed by atoms with Crippen LogP contribution >= 0.6 is 0 Å². The Morgan fingerprint density at radius 2 is 2.04 bits per heavy atom. The maximum atomic E-state index is 12.4. The van der Waals surface area contributed by atoms with E-state index in [0.717, 1.165) is 42.9 Å². The highest BCUT2D eigenvalue weighted by molar-refractivity contribution is 5.78. The molecule has 0 radical (unpaired) electrons. The van der Waals surface area contributed by atoms with Crippen LogP contribution in [0.15, 0.2) is 24.4 Å². The summed E-state index contributed by atoms with van der Waals surface area (Å²) in [5.41, 5.74) is 3.20. The van der Waals surface area contributed by atoms with Gasteiger partial charge in [0.25, 0.3) is 0 Å². The number of hydrogen-bond acceptors (Lipinski definition) is 4. The van der Waals surface area contributed by atoms with Crippen molar-refractivity contribution < 1.29 is 9.53 Å². The zero-order valence-electron chi connectivity index (χ0n) is 14.5. The first kappa shape index (κ1) is 16.5. The molecule has 1 aliphatic rings. The summed E-state index contributed by atoms with van der Waals surface area (Å²) >= 11 is 0. The molecule has 0 atom stereocenters. The van der Waals surface area contributed by atoms with Crippen LogP contribution in [-0.2, 0) is 18.3 Å². The normalized spacial score (nSPS) is 15.5. The average Bonchev–Trinajstić information content (AvgIpc) is 2.96. The lowest BCUT2D eigenvalue weighted by Gasteiger charge is -2.32. The molecule has 1 amide bonds. The van der Waals surface area contributed by atoms with Crippen LogP contribution in [0.4, 0.5) is 0 Å². The molecule has 1 aliphatic heterocycles. The Kier molecular flexibility index (Phi) is 4.83. The van der Waals surface area contributed by atoms with Crippen molar-refractivity contribution in [3.05, 3.63) is 41.2 Å². The quantitative estimate of drug-likeness (QED) is 0.862. The summed E-state index contributed by atoms with van der Waals surface area (Å²) in [5, 5.41) is 7.68. The number of ether oxygens (including phenoxy) is 1. The largest absolute Gasteiger partial charge is 0.490 e. The van der Waals surface area contributed by atoms with Crippen molar-refractivity contribution in [3.8, 4) is 5.75 Å². The molecule has 1 fully saturated rings. The molecule has 2 aromatic rings. The van der Waals surface area contributed by atoms with Crippen molar-refractivity contribution in [2.45, 2.75) is 39.2 Å². The van der Waals surface area contributed by atoms with Gasteiger partial charge in [0.2, 0.25) is 5.91 Å². The molecule has 0 saturated carbocycles. The van der Waals surface area contributed by atoms with Crippen LogP contribution in [0.2, 0.25) is 0 Å². The van der Waals surface area contributed by atoms with E-state index in [2.05, 4.69) is 42.4 Å². The van der Waals surface area contributed by atoms with Crippen molar-refractivity contribution in [1.82, 2.24) is 19.9 Å². The Morgan fingerprint density at radius 3 is 2.71 bits per heavy atom. The highest BCUT2D eigenvalue weighted by Crippen LogP contribution is 2.24. The van der Waals surface area contributed by atoms with E-state index in [1.165, 1.54) is 5.56 Å². The van der Waals surface area contributed by atoms with Gasteiger partial charge < -0.3 is 9.64 Å². The van der Waals surface area contributed by atoms with Gasteiger partial charge in [0.15, 0.2) is 0 Å². The Balaban J connectivity index is 1.53. The molecule has 0 spiro atoms. The van der Waals surface area contributed by atoms with E-state index >= 15 is 0 Å². The average molecular weight is 328 g/mol. The van der Waals surface area contributed by atoms with E-state index < -0.39 is 0 Å². The molecule has 0 aliphatic carbocycles. The fourth-order valence-electron chi connectivity index (χ4n) is 2.97. The number of nitrogens with zero attached hydrogens (tertiary/aromatic N) is 4. The second-order valence-electron chi connectivity index (χ2n) is 6.49. The zero-order valence-corrected chi connectivity index (χ0v) is 14.5. The van der Waals surface area contributed by atoms with Crippen molar-refractivity contribution in [1.29, 1.82) is 0 Å². The van der Waals surface area contributed by atoms with Crippen LogP contribution in [0.3, 0.4) is 0 Å². The van der Waals surface area contributed by atoms with E-state index in [4.69, 9.17) is 4.74 Å². The molecule has 24 heavy (non-hydrogen) atoms. The third-order valence-electron chi connectivity index (χ3n) is 4.57. The summed E-state index contributed by atoms with van der Waals surface area (Å²) < 4.78 is 7.80. The molecule has 3 rings (SSSR count). The van der Waals surface area contributed by atoms with Gasteiger partial charge in [-0.3, -0.25) is 9.48 Å². The summed E-state index contributed by atoms with van der Waals surface area (Å²) in [6, 6.07) is 6.27. The monoisotopic (exact) mass is 328 g/mol. The Labute approximate surface area is 142 Å². The van der Waals surface area contributed by atoms with Crippen molar-refractivity contribution >= 4 is 5.91 Å². The highest BCUT2D eigenvalue weighted by atomic mass is 16.5. The molecule has 6 nitrogen and oxygen atoms in total. The van der Waals surface area contributed by atoms with E-state index in [1.807, 2.05) is 4.90 Å². The second-order valence-corrected chi connectivity index (χ2v) is 6.49. The number of benzene rings is 1. The summed E-state index contributed by atoms with van der Waals surface area (Å²) in [5.74, 6) is 1.09. The Bertz CT molecular complexity index is 718. The predicted octanol–water partition coefficient (Wildman–Crippen LogP) is 2.04. The number of piperidine rings is 1.